The first-order chi connectivity index (χ1) is 11.0. The number of ether oxygens (including phenoxy) is 2. The number of esters is 2. The number of fused-ring (bicyclic) bond motifs is 1. The van der Waals surface area contributed by atoms with E-state index in [-0.39, 0.29) is 26.3 Å². The van der Waals surface area contributed by atoms with Gasteiger partial charge in [-0.2, -0.15) is 0 Å². The van der Waals surface area contributed by atoms with Crippen molar-refractivity contribution in [3.63, 3.8) is 0 Å². The summed E-state index contributed by atoms with van der Waals surface area (Å²) in [5.41, 5.74) is 6.68. The first-order valence-electron chi connectivity index (χ1n) is 7.27. The molecule has 0 saturated heterocycles. The molecule has 0 unspecified atom stereocenters. The Hall–Kier alpha value is -2.77. The highest BCUT2D eigenvalue weighted by Gasteiger charge is 2.18. The molecule has 0 atom stereocenters. The van der Waals surface area contributed by atoms with Crippen LogP contribution < -0.4 is 11.4 Å². The summed E-state index contributed by atoms with van der Waals surface area (Å²) in [4.78, 5) is 36.0. The van der Waals surface area contributed by atoms with Crippen LogP contribution in [0.2, 0.25) is 0 Å². The maximum atomic E-state index is 12.5. The van der Waals surface area contributed by atoms with Gasteiger partial charge in [0.05, 0.1) is 24.2 Å². The van der Waals surface area contributed by atoms with E-state index < -0.39 is 17.6 Å². The Kier molecular flexibility index (Phi) is 5.05. The number of hydrogen-bond donors (Lipinski definition) is 1. The number of aromatic nitrogens is 2. The molecule has 0 spiro atoms. The van der Waals surface area contributed by atoms with Crippen LogP contribution in [0, 0.1) is 0 Å². The van der Waals surface area contributed by atoms with Crippen LogP contribution in [-0.2, 0) is 32.2 Å². The normalized spacial score (nSPS) is 10.7. The van der Waals surface area contributed by atoms with Crippen molar-refractivity contribution in [2.45, 2.75) is 26.9 Å². The molecule has 0 aliphatic rings. The number of anilines is 1. The molecule has 0 fully saturated rings. The van der Waals surface area contributed by atoms with Crippen molar-refractivity contribution in [3.8, 4) is 0 Å². The third-order valence-electron chi connectivity index (χ3n) is 3.23. The van der Waals surface area contributed by atoms with E-state index in [4.69, 9.17) is 15.2 Å². The van der Waals surface area contributed by atoms with Crippen LogP contribution in [0.25, 0.3) is 11.0 Å². The van der Waals surface area contributed by atoms with E-state index in [0.717, 1.165) is 0 Å². The highest BCUT2D eigenvalue weighted by molar-refractivity contribution is 5.83. The summed E-state index contributed by atoms with van der Waals surface area (Å²) in [7, 11) is 0. The molecule has 23 heavy (non-hydrogen) atoms. The van der Waals surface area contributed by atoms with E-state index in [1.54, 1.807) is 32.0 Å². The van der Waals surface area contributed by atoms with Crippen molar-refractivity contribution < 1.29 is 19.1 Å². The van der Waals surface area contributed by atoms with E-state index in [9.17, 15) is 14.4 Å². The summed E-state index contributed by atoms with van der Waals surface area (Å²) in [6.45, 7) is 3.33. The van der Waals surface area contributed by atoms with Crippen molar-refractivity contribution in [1.29, 1.82) is 0 Å². The average Bonchev–Trinajstić information content (AvgIpc) is 2.73. The van der Waals surface area contributed by atoms with Gasteiger partial charge in [-0.1, -0.05) is 0 Å². The smallest absolute Gasteiger partial charge is 0.330 e. The summed E-state index contributed by atoms with van der Waals surface area (Å²) in [6, 6.07) is 4.84. The first kappa shape index (κ1) is 16.6. The fourth-order valence-corrected chi connectivity index (χ4v) is 2.31. The van der Waals surface area contributed by atoms with Crippen molar-refractivity contribution >= 4 is 28.7 Å². The van der Waals surface area contributed by atoms with Gasteiger partial charge in [-0.25, -0.2) is 4.79 Å². The number of carbonyl (C=O) groups is 2. The van der Waals surface area contributed by atoms with E-state index in [2.05, 4.69) is 0 Å². The monoisotopic (exact) mass is 321 g/mol. The first-order valence-corrected chi connectivity index (χ1v) is 7.27. The number of hydrogen-bond acceptors (Lipinski definition) is 6. The minimum absolute atomic E-state index is 0.219. The van der Waals surface area contributed by atoms with Gasteiger partial charge in [0.15, 0.2) is 0 Å². The third-order valence-corrected chi connectivity index (χ3v) is 3.23. The maximum absolute atomic E-state index is 12.5. The molecule has 2 aromatic rings. The molecule has 0 saturated carbocycles. The van der Waals surface area contributed by atoms with Crippen LogP contribution in [0.4, 0.5) is 5.69 Å². The molecule has 0 radical (unpaired) electrons. The molecule has 0 bridgehead atoms. The minimum Gasteiger partial charge on any atom is -0.465 e. The van der Waals surface area contributed by atoms with Crippen LogP contribution in [0.1, 0.15) is 13.8 Å². The SMILES string of the molecule is CCOC(=O)Cn1c(=O)n(CC(=O)OCC)c2cc(N)ccc21. The minimum atomic E-state index is -0.535. The zero-order valence-corrected chi connectivity index (χ0v) is 13.1. The number of nitrogen functional groups attached to an aromatic ring is 1. The van der Waals surface area contributed by atoms with Crippen molar-refractivity contribution in [3.05, 3.63) is 28.7 Å². The molecule has 0 aliphatic carbocycles. The number of carbonyl (C=O) groups excluding carboxylic acids is 2. The second kappa shape index (κ2) is 6.99. The second-order valence-corrected chi connectivity index (χ2v) is 4.81. The number of benzene rings is 1. The molecule has 1 heterocycles. The van der Waals surface area contributed by atoms with E-state index in [1.165, 1.54) is 9.13 Å². The van der Waals surface area contributed by atoms with Gasteiger partial charge in [0.25, 0.3) is 0 Å². The lowest BCUT2D eigenvalue weighted by Gasteiger charge is -2.03. The number of nitrogens with zero attached hydrogens (tertiary/aromatic N) is 2. The summed E-state index contributed by atoms with van der Waals surface area (Å²) in [5, 5.41) is 0. The summed E-state index contributed by atoms with van der Waals surface area (Å²) in [5.74, 6) is -1.06. The van der Waals surface area contributed by atoms with E-state index >= 15 is 0 Å². The van der Waals surface area contributed by atoms with Crippen LogP contribution >= 0.6 is 0 Å². The molecule has 1 aromatic carbocycles. The molecule has 2 N–H and O–H groups in total. The largest absolute Gasteiger partial charge is 0.465 e. The third kappa shape index (κ3) is 3.53. The average molecular weight is 321 g/mol. The number of imidazole rings is 1. The van der Waals surface area contributed by atoms with E-state index in [0.29, 0.717) is 16.7 Å². The Labute approximate surface area is 132 Å². The van der Waals surface area contributed by atoms with Gasteiger partial charge >= 0.3 is 17.6 Å². The van der Waals surface area contributed by atoms with Crippen LogP contribution in [0.3, 0.4) is 0 Å². The Morgan fingerprint density at radius 2 is 1.52 bits per heavy atom. The molecule has 0 aliphatic heterocycles. The topological polar surface area (TPSA) is 106 Å². The Bertz CT molecular complexity index is 790. The van der Waals surface area contributed by atoms with Gasteiger partial charge in [-0.05, 0) is 32.0 Å². The molecule has 2 rings (SSSR count). The molecule has 1 aromatic heterocycles. The summed E-state index contributed by atoms with van der Waals surface area (Å²) < 4.78 is 12.3. The zero-order valence-electron chi connectivity index (χ0n) is 13.1. The Morgan fingerprint density at radius 3 is 2.04 bits per heavy atom. The fourth-order valence-electron chi connectivity index (χ4n) is 2.31. The quantitative estimate of drug-likeness (QED) is 0.614. The lowest BCUT2D eigenvalue weighted by molar-refractivity contribution is -0.144. The van der Waals surface area contributed by atoms with Crippen molar-refractivity contribution in [2.24, 2.45) is 0 Å². The predicted octanol–water partition coefficient (Wildman–Crippen LogP) is 0.511. The molecule has 8 heteroatoms. The van der Waals surface area contributed by atoms with Gasteiger partial charge in [0.2, 0.25) is 0 Å². The molecule has 124 valence electrons. The highest BCUT2D eigenvalue weighted by Crippen LogP contribution is 2.17. The van der Waals surface area contributed by atoms with E-state index in [1.807, 2.05) is 0 Å². The Balaban J connectivity index is 2.51. The maximum Gasteiger partial charge on any atom is 0.330 e. The van der Waals surface area contributed by atoms with Gasteiger partial charge in [0.1, 0.15) is 13.1 Å². The van der Waals surface area contributed by atoms with Crippen molar-refractivity contribution in [2.75, 3.05) is 18.9 Å². The molecular weight excluding hydrogens is 302 g/mol. The standard InChI is InChI=1S/C15H19N3O5/c1-3-22-13(19)8-17-11-6-5-10(16)7-12(11)18(15(17)21)9-14(20)23-4-2/h5-7H,3-4,8-9,16H2,1-2H3. The fraction of sp³-hybridized carbons (Fsp3) is 0.400. The lowest BCUT2D eigenvalue weighted by atomic mass is 10.2. The highest BCUT2D eigenvalue weighted by atomic mass is 16.5. The lowest BCUT2D eigenvalue weighted by Crippen LogP contribution is -2.30. The van der Waals surface area contributed by atoms with Gasteiger partial charge in [-0.3, -0.25) is 18.7 Å². The molecular formula is C15H19N3O5. The molecule has 8 nitrogen and oxygen atoms in total. The molecule has 0 amide bonds. The number of nitrogens with two attached hydrogens (primary N) is 1. The predicted molar refractivity (Wildman–Crippen MR) is 83.9 cm³/mol. The zero-order chi connectivity index (χ0) is 17.0. The van der Waals surface area contributed by atoms with Crippen LogP contribution in [0.5, 0.6) is 0 Å². The van der Waals surface area contributed by atoms with Crippen LogP contribution in [-0.4, -0.2) is 34.3 Å². The van der Waals surface area contributed by atoms with Crippen LogP contribution in [0.15, 0.2) is 23.0 Å². The van der Waals surface area contributed by atoms with Gasteiger partial charge in [-0.15, -0.1) is 0 Å². The van der Waals surface area contributed by atoms with Gasteiger partial charge < -0.3 is 15.2 Å². The van der Waals surface area contributed by atoms with Crippen molar-refractivity contribution in [1.82, 2.24) is 9.13 Å². The number of rotatable bonds is 6. The Morgan fingerprint density at radius 1 is 1.00 bits per heavy atom. The summed E-state index contributed by atoms with van der Waals surface area (Å²) >= 11 is 0. The van der Waals surface area contributed by atoms with Gasteiger partial charge in [0, 0.05) is 5.69 Å². The second-order valence-electron chi connectivity index (χ2n) is 4.81. The summed E-state index contributed by atoms with van der Waals surface area (Å²) in [6.07, 6.45) is 0.